The molecule has 1 fully saturated rings. The molecule has 0 aliphatic carbocycles. The highest BCUT2D eigenvalue weighted by molar-refractivity contribution is 5.40. The van der Waals surface area contributed by atoms with E-state index in [-0.39, 0.29) is 0 Å². The van der Waals surface area contributed by atoms with Crippen LogP contribution in [0.25, 0.3) is 0 Å². The zero-order chi connectivity index (χ0) is 13.0. The maximum atomic E-state index is 5.53. The summed E-state index contributed by atoms with van der Waals surface area (Å²) < 4.78 is 5.53. The molecule has 1 aromatic carbocycles. The van der Waals surface area contributed by atoms with Gasteiger partial charge in [0.2, 0.25) is 0 Å². The highest BCUT2D eigenvalue weighted by atomic mass is 16.5. The Morgan fingerprint density at radius 1 is 1.44 bits per heavy atom. The number of methoxy groups -OCH3 is 1. The van der Waals surface area contributed by atoms with Gasteiger partial charge >= 0.3 is 0 Å². The van der Waals surface area contributed by atoms with Gasteiger partial charge in [0.05, 0.1) is 13.2 Å². The average Bonchev–Trinajstić information content (AvgIpc) is 2.62. The zero-order valence-corrected chi connectivity index (χ0v) is 11.7. The molecule has 0 aromatic heterocycles. The second-order valence-electron chi connectivity index (χ2n) is 4.98. The minimum absolute atomic E-state index is 0.411. The molecule has 0 amide bonds. The third kappa shape index (κ3) is 2.85. The van der Waals surface area contributed by atoms with Crippen molar-refractivity contribution < 1.29 is 4.74 Å². The van der Waals surface area contributed by atoms with Gasteiger partial charge in [-0.05, 0) is 44.6 Å². The summed E-state index contributed by atoms with van der Waals surface area (Å²) in [4.78, 5) is 2.43. The number of nitrogens with zero attached hydrogens (tertiary/aromatic N) is 1. The van der Waals surface area contributed by atoms with Crippen LogP contribution in [0.4, 0.5) is 0 Å². The first-order valence-electron chi connectivity index (χ1n) is 6.84. The third-order valence-electron chi connectivity index (χ3n) is 3.80. The molecule has 1 saturated heterocycles. The molecule has 1 atom stereocenters. The molecular weight excluding hydrogens is 224 g/mol. The van der Waals surface area contributed by atoms with Gasteiger partial charge in [0.15, 0.2) is 0 Å². The van der Waals surface area contributed by atoms with Crippen LogP contribution < -0.4 is 10.1 Å². The van der Waals surface area contributed by atoms with Crippen molar-refractivity contribution >= 4 is 0 Å². The minimum Gasteiger partial charge on any atom is -0.496 e. The van der Waals surface area contributed by atoms with Crippen LogP contribution in [0.2, 0.25) is 0 Å². The molecule has 0 spiro atoms. The summed E-state index contributed by atoms with van der Waals surface area (Å²) >= 11 is 0. The monoisotopic (exact) mass is 248 g/mol. The number of aryl methyl sites for hydroxylation is 1. The van der Waals surface area contributed by atoms with Gasteiger partial charge in [0.1, 0.15) is 5.75 Å². The molecular formula is C15H24N2O. The van der Waals surface area contributed by atoms with Crippen LogP contribution in [0.1, 0.15) is 30.5 Å². The lowest BCUT2D eigenvalue weighted by Crippen LogP contribution is -2.29. The van der Waals surface area contributed by atoms with Crippen molar-refractivity contribution in [3.63, 3.8) is 0 Å². The molecule has 1 aromatic rings. The van der Waals surface area contributed by atoms with Crippen LogP contribution in [0, 0.1) is 0 Å². The van der Waals surface area contributed by atoms with E-state index in [9.17, 15) is 0 Å². The van der Waals surface area contributed by atoms with Crippen LogP contribution in [-0.2, 0) is 6.42 Å². The first-order chi connectivity index (χ1) is 8.76. The van der Waals surface area contributed by atoms with Gasteiger partial charge in [0.25, 0.3) is 0 Å². The van der Waals surface area contributed by atoms with Crippen LogP contribution in [0.3, 0.4) is 0 Å². The zero-order valence-electron chi connectivity index (χ0n) is 11.7. The number of benzene rings is 1. The Morgan fingerprint density at radius 2 is 2.28 bits per heavy atom. The number of ether oxygens (including phenoxy) is 1. The summed E-state index contributed by atoms with van der Waals surface area (Å²) in [7, 11) is 3.96. The average molecular weight is 248 g/mol. The highest BCUT2D eigenvalue weighted by Crippen LogP contribution is 2.30. The molecule has 1 unspecified atom stereocenters. The molecule has 3 heteroatoms. The lowest BCUT2D eigenvalue weighted by Gasteiger charge is -2.27. The van der Waals surface area contributed by atoms with Gasteiger partial charge in [-0.2, -0.15) is 0 Å². The van der Waals surface area contributed by atoms with E-state index in [2.05, 4.69) is 42.4 Å². The Bertz CT molecular complexity index is 392. The lowest BCUT2D eigenvalue weighted by molar-refractivity contribution is 0.255. The van der Waals surface area contributed by atoms with E-state index in [0.717, 1.165) is 31.8 Å². The Hall–Kier alpha value is -1.06. The van der Waals surface area contributed by atoms with Crippen LogP contribution in [-0.4, -0.2) is 38.7 Å². The largest absolute Gasteiger partial charge is 0.496 e. The van der Waals surface area contributed by atoms with E-state index >= 15 is 0 Å². The SMILES string of the molecule is CCc1ccc(OC)c(C2CNCCCN2C)c1. The third-order valence-corrected chi connectivity index (χ3v) is 3.80. The fraction of sp³-hybridized carbons (Fsp3) is 0.600. The molecule has 1 aliphatic heterocycles. The molecule has 0 bridgehead atoms. The number of nitrogens with one attached hydrogen (secondary N) is 1. The molecule has 0 radical (unpaired) electrons. The molecule has 0 saturated carbocycles. The lowest BCUT2D eigenvalue weighted by atomic mass is 10.0. The van der Waals surface area contributed by atoms with E-state index < -0.39 is 0 Å². The van der Waals surface area contributed by atoms with Gasteiger partial charge in [-0.1, -0.05) is 19.1 Å². The number of rotatable bonds is 3. The van der Waals surface area contributed by atoms with E-state index in [1.165, 1.54) is 17.5 Å². The van der Waals surface area contributed by atoms with Gasteiger partial charge < -0.3 is 10.1 Å². The second kappa shape index (κ2) is 6.21. The summed E-state index contributed by atoms with van der Waals surface area (Å²) in [5.41, 5.74) is 2.69. The van der Waals surface area contributed by atoms with Crippen molar-refractivity contribution in [1.82, 2.24) is 10.2 Å². The van der Waals surface area contributed by atoms with E-state index in [4.69, 9.17) is 4.74 Å². The Kier molecular flexibility index (Phi) is 4.61. The number of likely N-dealkylation sites (N-methyl/N-ethyl adjacent to an activating group) is 1. The van der Waals surface area contributed by atoms with Gasteiger partial charge in [-0.3, -0.25) is 4.90 Å². The van der Waals surface area contributed by atoms with E-state index in [0.29, 0.717) is 6.04 Å². The quantitative estimate of drug-likeness (QED) is 0.887. The van der Waals surface area contributed by atoms with Crippen molar-refractivity contribution in [2.24, 2.45) is 0 Å². The summed E-state index contributed by atoms with van der Waals surface area (Å²) in [6.45, 7) is 5.44. The van der Waals surface area contributed by atoms with Crippen LogP contribution in [0.15, 0.2) is 18.2 Å². The van der Waals surface area contributed by atoms with Crippen molar-refractivity contribution in [2.75, 3.05) is 33.8 Å². The van der Waals surface area contributed by atoms with Crippen molar-refractivity contribution in [3.8, 4) is 5.75 Å². The first-order valence-corrected chi connectivity index (χ1v) is 6.84. The van der Waals surface area contributed by atoms with Gasteiger partial charge in [-0.15, -0.1) is 0 Å². The van der Waals surface area contributed by atoms with Crippen molar-refractivity contribution in [1.29, 1.82) is 0 Å². The topological polar surface area (TPSA) is 24.5 Å². The summed E-state index contributed by atoms with van der Waals surface area (Å²) in [6.07, 6.45) is 2.28. The minimum atomic E-state index is 0.411. The van der Waals surface area contributed by atoms with Crippen molar-refractivity contribution in [2.45, 2.75) is 25.8 Å². The second-order valence-corrected chi connectivity index (χ2v) is 4.98. The first kappa shape index (κ1) is 13.4. The van der Waals surface area contributed by atoms with Crippen LogP contribution in [0.5, 0.6) is 5.75 Å². The normalized spacial score (nSPS) is 21.6. The molecule has 1 heterocycles. The molecule has 1 N–H and O–H groups in total. The Balaban J connectivity index is 2.33. The van der Waals surface area contributed by atoms with Gasteiger partial charge in [-0.25, -0.2) is 0 Å². The predicted octanol–water partition coefficient (Wildman–Crippen LogP) is 2.22. The maximum Gasteiger partial charge on any atom is 0.123 e. The standard InChI is InChI=1S/C15H24N2O/c1-4-12-6-7-15(18-3)13(10-12)14-11-16-8-5-9-17(14)2/h6-7,10,14,16H,4-5,8-9,11H2,1-3H3. The fourth-order valence-corrected chi connectivity index (χ4v) is 2.62. The van der Waals surface area contributed by atoms with E-state index in [1.54, 1.807) is 7.11 Å². The fourth-order valence-electron chi connectivity index (χ4n) is 2.62. The number of hydrogen-bond donors (Lipinski definition) is 1. The molecule has 2 rings (SSSR count). The highest BCUT2D eigenvalue weighted by Gasteiger charge is 2.22. The van der Waals surface area contributed by atoms with Crippen molar-refractivity contribution in [3.05, 3.63) is 29.3 Å². The van der Waals surface area contributed by atoms with Gasteiger partial charge in [0, 0.05) is 12.1 Å². The Labute approximate surface area is 110 Å². The number of hydrogen-bond acceptors (Lipinski definition) is 3. The molecule has 18 heavy (non-hydrogen) atoms. The smallest absolute Gasteiger partial charge is 0.123 e. The Morgan fingerprint density at radius 3 is 3.00 bits per heavy atom. The maximum absolute atomic E-state index is 5.53. The van der Waals surface area contributed by atoms with E-state index in [1.807, 2.05) is 0 Å². The summed E-state index contributed by atoms with van der Waals surface area (Å²) in [6, 6.07) is 6.97. The predicted molar refractivity (Wildman–Crippen MR) is 75.2 cm³/mol. The van der Waals surface area contributed by atoms with Crippen LogP contribution >= 0.6 is 0 Å². The summed E-state index contributed by atoms with van der Waals surface area (Å²) in [5.74, 6) is 1.01. The molecule has 100 valence electrons. The summed E-state index contributed by atoms with van der Waals surface area (Å²) in [5, 5.41) is 3.52. The molecule has 1 aliphatic rings. The molecule has 3 nitrogen and oxygen atoms in total.